The number of nitrogens with zero attached hydrogens (tertiary/aromatic N) is 2. The average Bonchev–Trinajstić information content (AvgIpc) is 2.88. The maximum absolute atomic E-state index is 13.1. The predicted molar refractivity (Wildman–Crippen MR) is 98.6 cm³/mol. The number of carbonyl (C=O) groups is 3. The maximum Gasteiger partial charge on any atom is 0.325 e. The molecule has 4 amide bonds. The van der Waals surface area contributed by atoms with E-state index in [1.165, 1.54) is 0 Å². The van der Waals surface area contributed by atoms with Gasteiger partial charge in [0.25, 0.3) is 5.91 Å². The Morgan fingerprint density at radius 2 is 1.85 bits per heavy atom. The van der Waals surface area contributed by atoms with E-state index in [4.69, 9.17) is 11.6 Å². The zero-order chi connectivity index (χ0) is 18.9. The molecule has 1 aromatic rings. The van der Waals surface area contributed by atoms with Gasteiger partial charge in [0.2, 0.25) is 5.91 Å². The van der Waals surface area contributed by atoms with E-state index in [0.29, 0.717) is 36.0 Å². The summed E-state index contributed by atoms with van der Waals surface area (Å²) in [6, 6.07) is 6.33. The van der Waals surface area contributed by atoms with E-state index < -0.39 is 11.6 Å². The second-order valence-electron chi connectivity index (χ2n) is 7.15. The number of hydrogen-bond acceptors (Lipinski definition) is 3. The lowest BCUT2D eigenvalue weighted by Crippen LogP contribution is -2.47. The second-order valence-corrected chi connectivity index (χ2v) is 7.59. The van der Waals surface area contributed by atoms with Crippen LogP contribution in [0.2, 0.25) is 5.02 Å². The van der Waals surface area contributed by atoms with Gasteiger partial charge in [-0.1, -0.05) is 37.6 Å². The Hall–Kier alpha value is -2.08. The Kier molecular flexibility index (Phi) is 5.23. The van der Waals surface area contributed by atoms with Crippen LogP contribution < -0.4 is 5.32 Å². The molecular weight excluding hydrogens is 354 g/mol. The molecule has 2 heterocycles. The Labute approximate surface area is 158 Å². The lowest BCUT2D eigenvalue weighted by Gasteiger charge is -2.31. The molecule has 7 heteroatoms. The first-order valence-electron chi connectivity index (χ1n) is 9.05. The molecule has 0 bridgehead atoms. The summed E-state index contributed by atoms with van der Waals surface area (Å²) in [5, 5.41) is 3.35. The van der Waals surface area contributed by atoms with Crippen LogP contribution in [-0.4, -0.2) is 47.3 Å². The molecule has 2 aliphatic rings. The number of benzene rings is 1. The molecule has 6 nitrogen and oxygen atoms in total. The van der Waals surface area contributed by atoms with Crippen molar-refractivity contribution < 1.29 is 14.4 Å². The van der Waals surface area contributed by atoms with Crippen LogP contribution in [0.4, 0.5) is 4.79 Å². The quantitative estimate of drug-likeness (QED) is 0.820. The van der Waals surface area contributed by atoms with Crippen molar-refractivity contribution in [2.24, 2.45) is 5.92 Å². The second kappa shape index (κ2) is 7.27. The lowest BCUT2D eigenvalue weighted by atomic mass is 9.87. The number of carbonyl (C=O) groups excluding carboxylic acids is 3. The van der Waals surface area contributed by atoms with Crippen LogP contribution in [0.15, 0.2) is 24.3 Å². The molecule has 3 rings (SSSR count). The van der Waals surface area contributed by atoms with Crippen LogP contribution >= 0.6 is 11.6 Å². The number of amides is 4. The first-order valence-corrected chi connectivity index (χ1v) is 9.43. The van der Waals surface area contributed by atoms with Crippen molar-refractivity contribution >= 4 is 29.4 Å². The van der Waals surface area contributed by atoms with Crippen molar-refractivity contribution in [2.75, 3.05) is 19.6 Å². The van der Waals surface area contributed by atoms with E-state index in [-0.39, 0.29) is 18.4 Å². The van der Waals surface area contributed by atoms with Crippen LogP contribution in [-0.2, 0) is 15.1 Å². The minimum atomic E-state index is -1.14. The molecule has 2 fully saturated rings. The van der Waals surface area contributed by atoms with Gasteiger partial charge in [0.15, 0.2) is 0 Å². The average molecular weight is 378 g/mol. The first kappa shape index (κ1) is 18.7. The molecule has 0 radical (unpaired) electrons. The third kappa shape index (κ3) is 3.30. The number of rotatable bonds is 4. The van der Waals surface area contributed by atoms with Crippen LogP contribution in [0, 0.1) is 5.92 Å². The van der Waals surface area contributed by atoms with Crippen molar-refractivity contribution in [1.29, 1.82) is 0 Å². The molecule has 0 spiro atoms. The molecule has 0 aromatic heterocycles. The fourth-order valence-electron chi connectivity index (χ4n) is 3.64. The third-order valence-electron chi connectivity index (χ3n) is 5.47. The highest BCUT2D eigenvalue weighted by molar-refractivity contribution is 6.30. The van der Waals surface area contributed by atoms with E-state index in [0.717, 1.165) is 17.7 Å². The third-order valence-corrected chi connectivity index (χ3v) is 5.72. The number of urea groups is 1. The molecular formula is C19H24ClN3O3. The number of imide groups is 1. The lowest BCUT2D eigenvalue weighted by molar-refractivity contribution is -0.140. The fraction of sp³-hybridized carbons (Fsp3) is 0.526. The fourth-order valence-corrected chi connectivity index (χ4v) is 3.76. The Morgan fingerprint density at radius 3 is 2.42 bits per heavy atom. The van der Waals surface area contributed by atoms with Crippen molar-refractivity contribution in [3.63, 3.8) is 0 Å². The molecule has 0 saturated carbocycles. The van der Waals surface area contributed by atoms with Gasteiger partial charge in [0.05, 0.1) is 0 Å². The summed E-state index contributed by atoms with van der Waals surface area (Å²) in [5.74, 6) is 0.0443. The number of likely N-dealkylation sites (tertiary alicyclic amines) is 1. The summed E-state index contributed by atoms with van der Waals surface area (Å²) >= 11 is 5.93. The minimum absolute atomic E-state index is 0.177. The van der Waals surface area contributed by atoms with Crippen LogP contribution in [0.1, 0.15) is 38.7 Å². The molecule has 26 heavy (non-hydrogen) atoms. The topological polar surface area (TPSA) is 69.7 Å². The normalized spacial score (nSPS) is 24.1. The summed E-state index contributed by atoms with van der Waals surface area (Å²) in [7, 11) is 0. The summed E-state index contributed by atoms with van der Waals surface area (Å²) in [5.41, 5.74) is -0.470. The van der Waals surface area contributed by atoms with Crippen molar-refractivity contribution in [3.8, 4) is 0 Å². The van der Waals surface area contributed by atoms with E-state index in [9.17, 15) is 14.4 Å². The van der Waals surface area contributed by atoms with E-state index in [1.54, 1.807) is 29.2 Å². The SMILES string of the molecule is CCC1(c2ccc(Cl)cc2)NC(=O)N(CC(=O)N2CCC(C)CC2)C1=O. The molecule has 2 aliphatic heterocycles. The van der Waals surface area contributed by atoms with Gasteiger partial charge in [0, 0.05) is 18.1 Å². The van der Waals surface area contributed by atoms with Crippen molar-refractivity contribution in [2.45, 2.75) is 38.6 Å². The minimum Gasteiger partial charge on any atom is -0.341 e. The Morgan fingerprint density at radius 1 is 1.23 bits per heavy atom. The van der Waals surface area contributed by atoms with Gasteiger partial charge in [-0.15, -0.1) is 0 Å². The van der Waals surface area contributed by atoms with Gasteiger partial charge in [-0.2, -0.15) is 0 Å². The summed E-state index contributed by atoms with van der Waals surface area (Å²) in [6.07, 6.45) is 2.30. The van der Waals surface area contributed by atoms with Crippen LogP contribution in [0.25, 0.3) is 0 Å². The number of halogens is 1. The Balaban J connectivity index is 1.77. The molecule has 1 N–H and O–H groups in total. The largest absolute Gasteiger partial charge is 0.341 e. The van der Waals surface area contributed by atoms with E-state index in [2.05, 4.69) is 12.2 Å². The molecule has 1 unspecified atom stereocenters. The van der Waals surface area contributed by atoms with E-state index in [1.807, 2.05) is 6.92 Å². The van der Waals surface area contributed by atoms with Crippen molar-refractivity contribution in [3.05, 3.63) is 34.9 Å². The predicted octanol–water partition coefficient (Wildman–Crippen LogP) is 2.76. The van der Waals surface area contributed by atoms with Gasteiger partial charge in [-0.3, -0.25) is 14.5 Å². The Bertz CT molecular complexity index is 713. The zero-order valence-electron chi connectivity index (χ0n) is 15.1. The summed E-state index contributed by atoms with van der Waals surface area (Å²) in [4.78, 5) is 40.9. The van der Waals surface area contributed by atoms with Gasteiger partial charge in [0.1, 0.15) is 12.1 Å². The molecule has 2 saturated heterocycles. The molecule has 1 atom stereocenters. The van der Waals surface area contributed by atoms with Crippen LogP contribution in [0.5, 0.6) is 0 Å². The van der Waals surface area contributed by atoms with Crippen LogP contribution in [0.3, 0.4) is 0 Å². The highest BCUT2D eigenvalue weighted by atomic mass is 35.5. The smallest absolute Gasteiger partial charge is 0.325 e. The molecule has 1 aromatic carbocycles. The maximum atomic E-state index is 13.1. The van der Waals surface area contributed by atoms with Gasteiger partial charge in [-0.25, -0.2) is 4.79 Å². The molecule has 140 valence electrons. The monoisotopic (exact) mass is 377 g/mol. The number of piperidine rings is 1. The van der Waals surface area contributed by atoms with Gasteiger partial charge < -0.3 is 10.2 Å². The van der Waals surface area contributed by atoms with E-state index >= 15 is 0 Å². The summed E-state index contributed by atoms with van der Waals surface area (Å²) < 4.78 is 0. The van der Waals surface area contributed by atoms with Gasteiger partial charge >= 0.3 is 6.03 Å². The zero-order valence-corrected chi connectivity index (χ0v) is 15.9. The summed E-state index contributed by atoms with van der Waals surface area (Å²) in [6.45, 7) is 5.15. The standard InChI is InChI=1S/C19H24ClN3O3/c1-3-19(14-4-6-15(20)7-5-14)17(25)23(18(26)21-19)12-16(24)22-10-8-13(2)9-11-22/h4-7,13H,3,8-12H2,1-2H3,(H,21,26). The number of nitrogens with one attached hydrogen (secondary N) is 1. The first-order chi connectivity index (χ1) is 12.4. The van der Waals surface area contributed by atoms with Gasteiger partial charge in [-0.05, 0) is 42.9 Å². The molecule has 0 aliphatic carbocycles. The van der Waals surface area contributed by atoms with Crippen molar-refractivity contribution in [1.82, 2.24) is 15.1 Å². The number of hydrogen-bond donors (Lipinski definition) is 1. The highest BCUT2D eigenvalue weighted by Crippen LogP contribution is 2.33. The highest BCUT2D eigenvalue weighted by Gasteiger charge is 2.51.